The molecule has 2 heterocycles. The van der Waals surface area contributed by atoms with Crippen molar-refractivity contribution in [2.24, 2.45) is 0 Å². The Morgan fingerprint density at radius 3 is 2.55 bits per heavy atom. The minimum Gasteiger partial charge on any atom is -0.477 e. The lowest BCUT2D eigenvalue weighted by Gasteiger charge is -2.02. The Kier molecular flexibility index (Phi) is 6.29. The zero-order valence-electron chi connectivity index (χ0n) is 16.9. The van der Waals surface area contributed by atoms with E-state index in [2.05, 4.69) is 10.2 Å². The number of aliphatic carboxylic acids is 1. The summed E-state index contributed by atoms with van der Waals surface area (Å²) in [7, 11) is 0. The molecule has 2 aromatic heterocycles. The molecule has 9 nitrogen and oxygen atoms in total. The van der Waals surface area contributed by atoms with E-state index in [4.69, 9.17) is 20.4 Å². The van der Waals surface area contributed by atoms with E-state index in [0.717, 1.165) is 11.8 Å². The average molecular weight is 484 g/mol. The monoisotopic (exact) mass is 483 g/mol. The van der Waals surface area contributed by atoms with Gasteiger partial charge in [-0.15, -0.1) is 10.2 Å². The molecule has 1 N–H and O–H groups in total. The van der Waals surface area contributed by atoms with Crippen molar-refractivity contribution in [3.8, 4) is 22.8 Å². The number of carboxylic acids is 1. The molecule has 166 valence electrons. The standard InChI is InChI=1S/C22H14ClN3O6S/c1-12-10-15(26(29)30)6-8-17(12)18-9-7-16(31-18)11-19(21(27)28)33-22-25-24-20(32-22)13-2-4-14(23)5-3-13/h2-11H,1H3,(H,27,28)/b19-11-. The number of nitrogens with zero attached hydrogens (tertiary/aromatic N) is 3. The molecule has 0 atom stereocenters. The Balaban J connectivity index is 1.56. The number of aromatic nitrogens is 2. The third-order valence-electron chi connectivity index (χ3n) is 4.49. The highest BCUT2D eigenvalue weighted by Crippen LogP contribution is 2.33. The van der Waals surface area contributed by atoms with Gasteiger partial charge in [-0.25, -0.2) is 4.79 Å². The molecule has 0 radical (unpaired) electrons. The topological polar surface area (TPSA) is 132 Å². The molecule has 0 aliphatic rings. The van der Waals surface area contributed by atoms with E-state index in [1.807, 2.05) is 0 Å². The maximum atomic E-state index is 11.8. The summed E-state index contributed by atoms with van der Waals surface area (Å²) in [5.74, 6) is -0.236. The summed E-state index contributed by atoms with van der Waals surface area (Å²) in [6.45, 7) is 1.73. The van der Waals surface area contributed by atoms with E-state index in [-0.39, 0.29) is 27.5 Å². The lowest BCUT2D eigenvalue weighted by molar-refractivity contribution is -0.384. The van der Waals surface area contributed by atoms with E-state index >= 15 is 0 Å². The number of thioether (sulfide) groups is 1. The van der Waals surface area contributed by atoms with Gasteiger partial charge in [0.25, 0.3) is 10.9 Å². The van der Waals surface area contributed by atoms with Crippen LogP contribution in [-0.4, -0.2) is 26.2 Å². The van der Waals surface area contributed by atoms with E-state index in [1.165, 1.54) is 18.2 Å². The zero-order chi connectivity index (χ0) is 23.5. The van der Waals surface area contributed by atoms with Gasteiger partial charge in [0.2, 0.25) is 5.89 Å². The number of nitro benzene ring substituents is 1. The van der Waals surface area contributed by atoms with Gasteiger partial charge in [0.1, 0.15) is 16.4 Å². The van der Waals surface area contributed by atoms with Crippen molar-refractivity contribution in [1.29, 1.82) is 0 Å². The molecule has 0 aliphatic carbocycles. The van der Waals surface area contributed by atoms with Crippen LogP contribution in [0.2, 0.25) is 5.02 Å². The van der Waals surface area contributed by atoms with Crippen LogP contribution in [0.5, 0.6) is 0 Å². The maximum absolute atomic E-state index is 11.8. The second kappa shape index (κ2) is 9.31. The molecule has 2 aromatic carbocycles. The number of hydrogen-bond donors (Lipinski definition) is 1. The van der Waals surface area contributed by atoms with Crippen LogP contribution in [0.3, 0.4) is 0 Å². The van der Waals surface area contributed by atoms with Crippen molar-refractivity contribution in [1.82, 2.24) is 10.2 Å². The van der Waals surface area contributed by atoms with Crippen molar-refractivity contribution in [2.45, 2.75) is 12.1 Å². The minimum absolute atomic E-state index is 0.0231. The first kappa shape index (κ1) is 22.3. The van der Waals surface area contributed by atoms with Crippen molar-refractivity contribution >= 4 is 41.1 Å². The summed E-state index contributed by atoms with van der Waals surface area (Å²) < 4.78 is 11.3. The van der Waals surface area contributed by atoms with Gasteiger partial charge < -0.3 is 13.9 Å². The molecule has 33 heavy (non-hydrogen) atoms. The predicted octanol–water partition coefficient (Wildman–Crippen LogP) is 6.08. The molecule has 11 heteroatoms. The highest BCUT2D eigenvalue weighted by Gasteiger charge is 2.18. The van der Waals surface area contributed by atoms with Gasteiger partial charge in [-0.1, -0.05) is 11.6 Å². The van der Waals surface area contributed by atoms with Gasteiger partial charge in [0, 0.05) is 34.4 Å². The first-order chi connectivity index (χ1) is 15.8. The van der Waals surface area contributed by atoms with Crippen LogP contribution in [0.4, 0.5) is 5.69 Å². The number of benzene rings is 2. The van der Waals surface area contributed by atoms with E-state index < -0.39 is 10.9 Å². The van der Waals surface area contributed by atoms with Crippen LogP contribution in [0, 0.1) is 17.0 Å². The molecule has 0 amide bonds. The van der Waals surface area contributed by atoms with Crippen molar-refractivity contribution in [3.05, 3.63) is 86.0 Å². The average Bonchev–Trinajstić information content (AvgIpc) is 3.43. The Morgan fingerprint density at radius 1 is 1.12 bits per heavy atom. The van der Waals surface area contributed by atoms with Crippen LogP contribution in [0.1, 0.15) is 11.3 Å². The summed E-state index contributed by atoms with van der Waals surface area (Å²) in [5.41, 5.74) is 1.94. The summed E-state index contributed by atoms with van der Waals surface area (Å²) in [6.07, 6.45) is 1.34. The molecule has 4 rings (SSSR count). The number of halogens is 1. The highest BCUT2D eigenvalue weighted by atomic mass is 35.5. The van der Waals surface area contributed by atoms with Crippen LogP contribution in [0.15, 0.2) is 73.6 Å². The number of carboxylic acid groups (broad SMARTS) is 1. The highest BCUT2D eigenvalue weighted by molar-refractivity contribution is 8.03. The second-order valence-corrected chi connectivity index (χ2v) is 8.18. The number of carbonyl (C=O) groups is 1. The molecule has 0 spiro atoms. The van der Waals surface area contributed by atoms with Gasteiger partial charge in [-0.2, -0.15) is 0 Å². The fourth-order valence-electron chi connectivity index (χ4n) is 2.93. The molecule has 4 aromatic rings. The summed E-state index contributed by atoms with van der Waals surface area (Å²) >= 11 is 6.66. The molecule has 0 saturated carbocycles. The second-order valence-electron chi connectivity index (χ2n) is 6.75. The molecular weight excluding hydrogens is 470 g/mol. The first-order valence-electron chi connectivity index (χ1n) is 9.37. The van der Waals surface area contributed by atoms with Crippen LogP contribution in [-0.2, 0) is 4.79 Å². The fraction of sp³-hybridized carbons (Fsp3) is 0.0455. The smallest absolute Gasteiger partial charge is 0.342 e. The number of furan rings is 1. The Hall–Kier alpha value is -3.89. The Morgan fingerprint density at radius 2 is 1.88 bits per heavy atom. The van der Waals surface area contributed by atoms with Gasteiger partial charge in [-0.05, 0) is 66.7 Å². The lowest BCUT2D eigenvalue weighted by Crippen LogP contribution is -1.96. The van der Waals surface area contributed by atoms with Crippen molar-refractivity contribution in [2.75, 3.05) is 0 Å². The fourth-order valence-corrected chi connectivity index (χ4v) is 3.71. The molecule has 0 aliphatic heterocycles. The van der Waals surface area contributed by atoms with Crippen LogP contribution >= 0.6 is 23.4 Å². The largest absolute Gasteiger partial charge is 0.477 e. The molecule has 0 bridgehead atoms. The summed E-state index contributed by atoms with van der Waals surface area (Å²) in [4.78, 5) is 22.1. The first-order valence-corrected chi connectivity index (χ1v) is 10.6. The van der Waals surface area contributed by atoms with Gasteiger partial charge in [-0.3, -0.25) is 10.1 Å². The predicted molar refractivity (Wildman–Crippen MR) is 122 cm³/mol. The van der Waals surface area contributed by atoms with Gasteiger partial charge in [0.05, 0.1) is 4.92 Å². The third kappa shape index (κ3) is 5.13. The SMILES string of the molecule is Cc1cc([N+](=O)[O-])ccc1-c1ccc(/C=C(\Sc2nnc(-c3ccc(Cl)cc3)o2)C(=O)O)o1. The van der Waals surface area contributed by atoms with E-state index in [9.17, 15) is 20.0 Å². The summed E-state index contributed by atoms with van der Waals surface area (Å²) in [5, 5.41) is 29.0. The minimum atomic E-state index is -1.20. The van der Waals surface area contributed by atoms with Crippen LogP contribution in [0.25, 0.3) is 28.9 Å². The van der Waals surface area contributed by atoms with E-state index in [1.54, 1.807) is 49.4 Å². The molecular formula is C22H14ClN3O6S. The lowest BCUT2D eigenvalue weighted by atomic mass is 10.1. The Labute approximate surface area is 195 Å². The van der Waals surface area contributed by atoms with Gasteiger partial charge in [0.15, 0.2) is 0 Å². The number of aryl methyl sites for hydroxylation is 1. The normalized spacial score (nSPS) is 11.5. The number of hydrogen-bond acceptors (Lipinski definition) is 8. The van der Waals surface area contributed by atoms with Gasteiger partial charge >= 0.3 is 5.97 Å². The zero-order valence-corrected chi connectivity index (χ0v) is 18.5. The molecule has 0 saturated heterocycles. The Bertz CT molecular complexity index is 1380. The van der Waals surface area contributed by atoms with E-state index in [0.29, 0.717) is 27.5 Å². The van der Waals surface area contributed by atoms with Crippen molar-refractivity contribution < 1.29 is 23.7 Å². The van der Waals surface area contributed by atoms with Crippen LogP contribution < -0.4 is 0 Å². The summed E-state index contributed by atoms with van der Waals surface area (Å²) in [6, 6.07) is 14.5. The number of non-ortho nitro benzene ring substituents is 1. The molecule has 0 unspecified atom stereocenters. The third-order valence-corrected chi connectivity index (χ3v) is 5.60. The number of nitro groups is 1. The maximum Gasteiger partial charge on any atom is 0.342 e. The molecule has 0 fully saturated rings. The van der Waals surface area contributed by atoms with Crippen molar-refractivity contribution in [3.63, 3.8) is 0 Å². The quantitative estimate of drug-likeness (QED) is 0.143. The number of rotatable bonds is 7.